The van der Waals surface area contributed by atoms with Crippen molar-refractivity contribution in [1.29, 1.82) is 0 Å². The first-order chi connectivity index (χ1) is 12.0. The summed E-state index contributed by atoms with van der Waals surface area (Å²) in [6, 6.07) is 6.40. The molecule has 2 aromatic rings. The third-order valence-electron chi connectivity index (χ3n) is 4.30. The Morgan fingerprint density at radius 3 is 2.72 bits per heavy atom. The standard InChI is InChI=1S/C19H24FN3OS/c1-14(2)12-22-6-8-23(9-7-22)18(24)11-17-13-25-19(21-17)15-4-3-5-16(20)10-15/h3-5,10,13-14H,6-9,11-12H2,1-2H3. The summed E-state index contributed by atoms with van der Waals surface area (Å²) in [5.74, 6) is 0.503. The maximum Gasteiger partial charge on any atom is 0.228 e. The molecule has 134 valence electrons. The summed E-state index contributed by atoms with van der Waals surface area (Å²) in [4.78, 5) is 21.4. The lowest BCUT2D eigenvalue weighted by Gasteiger charge is -2.35. The van der Waals surface area contributed by atoms with Crippen LogP contribution in [0.25, 0.3) is 10.6 Å². The average Bonchev–Trinajstić information content (AvgIpc) is 3.03. The van der Waals surface area contributed by atoms with Gasteiger partial charge in [-0.2, -0.15) is 0 Å². The van der Waals surface area contributed by atoms with Crippen molar-refractivity contribution in [3.05, 3.63) is 41.2 Å². The second kappa shape index (κ2) is 8.06. The minimum Gasteiger partial charge on any atom is -0.340 e. The van der Waals surface area contributed by atoms with E-state index < -0.39 is 0 Å². The molecular formula is C19H24FN3OS. The van der Waals surface area contributed by atoms with Crippen molar-refractivity contribution in [3.63, 3.8) is 0 Å². The van der Waals surface area contributed by atoms with Crippen LogP contribution in [0, 0.1) is 11.7 Å². The maximum atomic E-state index is 13.3. The first kappa shape index (κ1) is 18.0. The van der Waals surface area contributed by atoms with Gasteiger partial charge in [0.05, 0.1) is 12.1 Å². The maximum absolute atomic E-state index is 13.3. The Morgan fingerprint density at radius 2 is 2.04 bits per heavy atom. The van der Waals surface area contributed by atoms with Gasteiger partial charge in [0.25, 0.3) is 0 Å². The zero-order valence-corrected chi connectivity index (χ0v) is 15.6. The fraction of sp³-hybridized carbons (Fsp3) is 0.474. The molecule has 0 saturated carbocycles. The van der Waals surface area contributed by atoms with E-state index in [9.17, 15) is 9.18 Å². The number of carbonyl (C=O) groups excluding carboxylic acids is 1. The van der Waals surface area contributed by atoms with E-state index in [4.69, 9.17) is 0 Å². The van der Waals surface area contributed by atoms with Gasteiger partial charge in [-0.05, 0) is 18.1 Å². The average molecular weight is 361 g/mol. The van der Waals surface area contributed by atoms with Crippen molar-refractivity contribution in [2.45, 2.75) is 20.3 Å². The molecule has 1 aliphatic heterocycles. The van der Waals surface area contributed by atoms with Crippen LogP contribution in [0.15, 0.2) is 29.6 Å². The van der Waals surface area contributed by atoms with E-state index in [0.717, 1.165) is 49.0 Å². The second-order valence-corrected chi connectivity index (χ2v) is 7.76. The van der Waals surface area contributed by atoms with Crippen LogP contribution < -0.4 is 0 Å². The predicted octanol–water partition coefficient (Wildman–Crippen LogP) is 3.29. The van der Waals surface area contributed by atoms with Gasteiger partial charge in [0.2, 0.25) is 5.91 Å². The first-order valence-corrected chi connectivity index (χ1v) is 9.59. The van der Waals surface area contributed by atoms with Crippen LogP contribution in [-0.2, 0) is 11.2 Å². The van der Waals surface area contributed by atoms with Gasteiger partial charge >= 0.3 is 0 Å². The van der Waals surface area contributed by atoms with Crippen molar-refractivity contribution >= 4 is 17.2 Å². The Kier molecular flexibility index (Phi) is 5.81. The Hall–Kier alpha value is -1.79. The minimum atomic E-state index is -0.274. The van der Waals surface area contributed by atoms with Crippen LogP contribution in [-0.4, -0.2) is 53.4 Å². The highest BCUT2D eigenvalue weighted by Crippen LogP contribution is 2.24. The Balaban J connectivity index is 1.56. The van der Waals surface area contributed by atoms with Gasteiger partial charge < -0.3 is 4.90 Å². The minimum absolute atomic E-state index is 0.125. The van der Waals surface area contributed by atoms with Crippen molar-refractivity contribution in [3.8, 4) is 10.6 Å². The van der Waals surface area contributed by atoms with Crippen molar-refractivity contribution in [2.75, 3.05) is 32.7 Å². The molecule has 0 bridgehead atoms. The van der Waals surface area contributed by atoms with Crippen LogP contribution >= 0.6 is 11.3 Å². The largest absolute Gasteiger partial charge is 0.340 e. The van der Waals surface area contributed by atoms with Crippen LogP contribution in [0.1, 0.15) is 19.5 Å². The van der Waals surface area contributed by atoms with E-state index in [0.29, 0.717) is 12.3 Å². The number of aromatic nitrogens is 1. The third-order valence-corrected chi connectivity index (χ3v) is 5.24. The molecule has 1 aliphatic rings. The molecule has 2 heterocycles. The molecule has 0 radical (unpaired) electrons. The predicted molar refractivity (Wildman–Crippen MR) is 99.1 cm³/mol. The number of carbonyl (C=O) groups is 1. The molecule has 1 saturated heterocycles. The fourth-order valence-electron chi connectivity index (χ4n) is 3.11. The number of rotatable bonds is 5. The van der Waals surface area contributed by atoms with Crippen LogP contribution in [0.3, 0.4) is 0 Å². The van der Waals surface area contributed by atoms with Crippen LogP contribution in [0.4, 0.5) is 4.39 Å². The number of hydrogen-bond acceptors (Lipinski definition) is 4. The quantitative estimate of drug-likeness (QED) is 0.820. The van der Waals surface area contributed by atoms with Gasteiger partial charge in [0.15, 0.2) is 0 Å². The molecule has 0 unspecified atom stereocenters. The third kappa shape index (κ3) is 4.86. The monoisotopic (exact) mass is 361 g/mol. The van der Waals surface area contributed by atoms with Crippen molar-refractivity contribution in [2.24, 2.45) is 5.92 Å². The van der Waals surface area contributed by atoms with Gasteiger partial charge in [-0.15, -0.1) is 11.3 Å². The number of thiazole rings is 1. The Bertz CT molecular complexity index is 723. The highest BCUT2D eigenvalue weighted by atomic mass is 32.1. The number of hydrogen-bond donors (Lipinski definition) is 0. The molecule has 1 aromatic heterocycles. The Morgan fingerprint density at radius 1 is 1.28 bits per heavy atom. The summed E-state index contributed by atoms with van der Waals surface area (Å²) in [6.45, 7) is 8.97. The number of piperazine rings is 1. The van der Waals surface area contributed by atoms with Crippen molar-refractivity contribution < 1.29 is 9.18 Å². The molecule has 6 heteroatoms. The number of benzene rings is 1. The number of halogens is 1. The normalized spacial score (nSPS) is 15.8. The van der Waals surface area contributed by atoms with Gasteiger partial charge in [-0.3, -0.25) is 9.69 Å². The molecule has 0 spiro atoms. The summed E-state index contributed by atoms with van der Waals surface area (Å²) in [5.41, 5.74) is 1.52. The molecule has 0 N–H and O–H groups in total. The lowest BCUT2D eigenvalue weighted by atomic mass is 10.2. The molecule has 4 nitrogen and oxygen atoms in total. The van der Waals surface area contributed by atoms with E-state index in [1.807, 2.05) is 16.3 Å². The highest BCUT2D eigenvalue weighted by molar-refractivity contribution is 7.13. The molecule has 0 aliphatic carbocycles. The SMILES string of the molecule is CC(C)CN1CCN(C(=O)Cc2csc(-c3cccc(F)c3)n2)CC1. The lowest BCUT2D eigenvalue weighted by Crippen LogP contribution is -2.49. The molecular weight excluding hydrogens is 337 g/mol. The van der Waals surface area contributed by atoms with E-state index in [1.165, 1.54) is 23.5 Å². The van der Waals surface area contributed by atoms with E-state index >= 15 is 0 Å². The van der Waals surface area contributed by atoms with E-state index in [2.05, 4.69) is 23.7 Å². The summed E-state index contributed by atoms with van der Waals surface area (Å²) in [5, 5.41) is 2.65. The smallest absolute Gasteiger partial charge is 0.228 e. The fourth-order valence-corrected chi connectivity index (χ4v) is 3.92. The molecule has 1 aromatic carbocycles. The molecule has 1 amide bonds. The summed E-state index contributed by atoms with van der Waals surface area (Å²) in [6.07, 6.45) is 0.315. The van der Waals surface area contributed by atoms with Gasteiger partial charge in [0, 0.05) is 43.7 Å². The topological polar surface area (TPSA) is 36.4 Å². The first-order valence-electron chi connectivity index (χ1n) is 8.71. The number of nitrogens with zero attached hydrogens (tertiary/aromatic N) is 3. The highest BCUT2D eigenvalue weighted by Gasteiger charge is 2.22. The van der Waals surface area contributed by atoms with E-state index in [-0.39, 0.29) is 11.7 Å². The van der Waals surface area contributed by atoms with Gasteiger partial charge in [-0.1, -0.05) is 26.0 Å². The summed E-state index contributed by atoms with van der Waals surface area (Å²) in [7, 11) is 0. The number of amides is 1. The van der Waals surface area contributed by atoms with Gasteiger partial charge in [-0.25, -0.2) is 9.37 Å². The molecule has 1 fully saturated rings. The van der Waals surface area contributed by atoms with Crippen LogP contribution in [0.2, 0.25) is 0 Å². The molecule has 25 heavy (non-hydrogen) atoms. The zero-order chi connectivity index (χ0) is 17.8. The van der Waals surface area contributed by atoms with Crippen molar-refractivity contribution in [1.82, 2.24) is 14.8 Å². The van der Waals surface area contributed by atoms with Gasteiger partial charge in [0.1, 0.15) is 10.8 Å². The molecule has 3 rings (SSSR count). The Labute approximate surface area is 152 Å². The zero-order valence-electron chi connectivity index (χ0n) is 14.7. The second-order valence-electron chi connectivity index (χ2n) is 6.91. The van der Waals surface area contributed by atoms with E-state index in [1.54, 1.807) is 6.07 Å². The molecule has 0 atom stereocenters. The lowest BCUT2D eigenvalue weighted by molar-refractivity contribution is -0.132. The summed E-state index contributed by atoms with van der Waals surface area (Å²) < 4.78 is 13.3. The van der Waals surface area contributed by atoms with Crippen LogP contribution in [0.5, 0.6) is 0 Å². The summed E-state index contributed by atoms with van der Waals surface area (Å²) >= 11 is 1.45.